The number of ketones is 1. The van der Waals surface area contributed by atoms with Crippen molar-refractivity contribution in [1.82, 2.24) is 4.90 Å². The number of amides is 1. The van der Waals surface area contributed by atoms with Crippen LogP contribution in [0, 0.1) is 0 Å². The van der Waals surface area contributed by atoms with Crippen molar-refractivity contribution in [3.05, 3.63) is 0 Å². The van der Waals surface area contributed by atoms with Crippen molar-refractivity contribution >= 4 is 11.7 Å². The third kappa shape index (κ3) is 3.46. The van der Waals surface area contributed by atoms with Gasteiger partial charge in [0.25, 0.3) is 0 Å². The molecule has 0 aromatic rings. The number of carbonyl (C=O) groups is 2. The third-order valence-corrected chi connectivity index (χ3v) is 2.67. The van der Waals surface area contributed by atoms with Crippen molar-refractivity contribution in [2.45, 2.75) is 38.6 Å². The van der Waals surface area contributed by atoms with E-state index in [-0.39, 0.29) is 11.7 Å². The summed E-state index contributed by atoms with van der Waals surface area (Å²) < 4.78 is 0. The van der Waals surface area contributed by atoms with Gasteiger partial charge in [-0.1, -0.05) is 0 Å². The zero-order chi connectivity index (χ0) is 10.6. The van der Waals surface area contributed by atoms with Gasteiger partial charge in [-0.05, 0) is 26.3 Å². The first-order valence-corrected chi connectivity index (χ1v) is 5.11. The van der Waals surface area contributed by atoms with Gasteiger partial charge >= 0.3 is 0 Å². The Balaban J connectivity index is 2.35. The zero-order valence-corrected chi connectivity index (χ0v) is 8.66. The van der Waals surface area contributed by atoms with Gasteiger partial charge in [0.2, 0.25) is 5.91 Å². The monoisotopic (exact) mass is 198 g/mol. The first-order valence-electron chi connectivity index (χ1n) is 5.11. The number of likely N-dealkylation sites (tertiary alicyclic amines) is 1. The molecule has 0 radical (unpaired) electrons. The molecule has 0 aromatic heterocycles. The average molecular weight is 198 g/mol. The van der Waals surface area contributed by atoms with Gasteiger partial charge in [0.1, 0.15) is 5.78 Å². The molecule has 2 N–H and O–H groups in total. The molecule has 0 aliphatic carbocycles. The molecule has 0 saturated carbocycles. The van der Waals surface area contributed by atoms with E-state index in [4.69, 9.17) is 5.73 Å². The largest absolute Gasteiger partial charge is 0.370 e. The minimum Gasteiger partial charge on any atom is -0.370 e. The second-order valence-electron chi connectivity index (χ2n) is 3.95. The standard InChI is InChI=1S/C10H18N2O2/c1-8(13)7-9-3-2-5-12(9)6-4-10(11)14/h9H,2-7H2,1H3,(H2,11,14). The normalized spacial score (nSPS) is 22.5. The van der Waals surface area contributed by atoms with Crippen LogP contribution in [0.25, 0.3) is 0 Å². The molecule has 1 unspecified atom stereocenters. The topological polar surface area (TPSA) is 63.4 Å². The van der Waals surface area contributed by atoms with Gasteiger partial charge in [0, 0.05) is 25.4 Å². The summed E-state index contributed by atoms with van der Waals surface area (Å²) in [5.74, 6) is -0.0422. The molecule has 4 nitrogen and oxygen atoms in total. The molecule has 4 heteroatoms. The molecule has 1 atom stereocenters. The second kappa shape index (κ2) is 5.10. The summed E-state index contributed by atoms with van der Waals surface area (Å²) in [4.78, 5) is 23.8. The van der Waals surface area contributed by atoms with Gasteiger partial charge in [0.05, 0.1) is 0 Å². The molecule has 1 heterocycles. The number of rotatable bonds is 5. The van der Waals surface area contributed by atoms with E-state index in [1.54, 1.807) is 6.92 Å². The maximum Gasteiger partial charge on any atom is 0.218 e. The van der Waals surface area contributed by atoms with E-state index >= 15 is 0 Å². The number of primary amides is 1. The highest BCUT2D eigenvalue weighted by molar-refractivity contribution is 5.76. The summed E-state index contributed by atoms with van der Waals surface area (Å²) in [6.45, 7) is 3.31. The van der Waals surface area contributed by atoms with Gasteiger partial charge in [0.15, 0.2) is 0 Å². The van der Waals surface area contributed by atoms with E-state index in [1.165, 1.54) is 0 Å². The fraction of sp³-hybridized carbons (Fsp3) is 0.800. The molecular formula is C10H18N2O2. The Morgan fingerprint density at radius 2 is 2.21 bits per heavy atom. The summed E-state index contributed by atoms with van der Waals surface area (Å²) in [5.41, 5.74) is 5.08. The highest BCUT2D eigenvalue weighted by atomic mass is 16.1. The van der Waals surface area contributed by atoms with Crippen LogP contribution in [-0.4, -0.2) is 35.7 Å². The third-order valence-electron chi connectivity index (χ3n) is 2.67. The van der Waals surface area contributed by atoms with Crippen molar-refractivity contribution in [3.63, 3.8) is 0 Å². The molecule has 0 aromatic carbocycles. The summed E-state index contributed by atoms with van der Waals surface area (Å²) in [5, 5.41) is 0. The molecule has 14 heavy (non-hydrogen) atoms. The summed E-state index contributed by atoms with van der Waals surface area (Å²) in [6, 6.07) is 0.340. The van der Waals surface area contributed by atoms with Crippen LogP contribution in [-0.2, 0) is 9.59 Å². The first kappa shape index (κ1) is 11.2. The van der Waals surface area contributed by atoms with E-state index in [0.29, 0.717) is 25.4 Å². The lowest BCUT2D eigenvalue weighted by atomic mass is 10.1. The highest BCUT2D eigenvalue weighted by Gasteiger charge is 2.25. The predicted octanol–water partition coefficient (Wildman–Crippen LogP) is 0.305. The van der Waals surface area contributed by atoms with Crippen molar-refractivity contribution < 1.29 is 9.59 Å². The molecule has 0 bridgehead atoms. The smallest absolute Gasteiger partial charge is 0.218 e. The van der Waals surface area contributed by atoms with Crippen molar-refractivity contribution in [2.24, 2.45) is 5.73 Å². The summed E-state index contributed by atoms with van der Waals surface area (Å²) in [7, 11) is 0. The average Bonchev–Trinajstić information content (AvgIpc) is 2.47. The fourth-order valence-electron chi connectivity index (χ4n) is 2.01. The van der Waals surface area contributed by atoms with E-state index < -0.39 is 0 Å². The Bertz CT molecular complexity index is 228. The Morgan fingerprint density at radius 3 is 2.79 bits per heavy atom. The molecule has 1 aliphatic heterocycles. The Morgan fingerprint density at radius 1 is 1.50 bits per heavy atom. The van der Waals surface area contributed by atoms with E-state index in [0.717, 1.165) is 19.4 Å². The minimum absolute atomic E-state index is 0.223. The van der Waals surface area contributed by atoms with Gasteiger partial charge in [-0.3, -0.25) is 14.5 Å². The van der Waals surface area contributed by atoms with Crippen LogP contribution in [0.5, 0.6) is 0 Å². The highest BCUT2D eigenvalue weighted by Crippen LogP contribution is 2.20. The minimum atomic E-state index is -0.265. The van der Waals surface area contributed by atoms with Crippen LogP contribution < -0.4 is 5.73 Å². The zero-order valence-electron chi connectivity index (χ0n) is 8.66. The molecular weight excluding hydrogens is 180 g/mol. The van der Waals surface area contributed by atoms with Gasteiger partial charge in [-0.25, -0.2) is 0 Å². The molecule has 1 rings (SSSR count). The van der Waals surface area contributed by atoms with Crippen LogP contribution in [0.3, 0.4) is 0 Å². The number of hydrogen-bond donors (Lipinski definition) is 1. The maximum atomic E-state index is 11.0. The molecule has 1 fully saturated rings. The van der Waals surface area contributed by atoms with E-state index in [2.05, 4.69) is 4.90 Å². The van der Waals surface area contributed by atoms with E-state index in [1.807, 2.05) is 0 Å². The molecule has 1 aliphatic rings. The number of Topliss-reactive ketones (excluding diaryl/α,β-unsaturated/α-hetero) is 1. The Labute approximate surface area is 84.4 Å². The summed E-state index contributed by atoms with van der Waals surface area (Å²) >= 11 is 0. The molecule has 1 amide bonds. The van der Waals surface area contributed by atoms with Crippen molar-refractivity contribution in [2.75, 3.05) is 13.1 Å². The maximum absolute atomic E-state index is 11.0. The lowest BCUT2D eigenvalue weighted by Gasteiger charge is -2.22. The number of nitrogens with zero attached hydrogens (tertiary/aromatic N) is 1. The van der Waals surface area contributed by atoms with Crippen molar-refractivity contribution in [1.29, 1.82) is 0 Å². The van der Waals surface area contributed by atoms with Crippen molar-refractivity contribution in [3.8, 4) is 0 Å². The molecule has 80 valence electrons. The van der Waals surface area contributed by atoms with Crippen LogP contribution in [0.1, 0.15) is 32.6 Å². The van der Waals surface area contributed by atoms with Crippen LogP contribution in [0.4, 0.5) is 0 Å². The second-order valence-corrected chi connectivity index (χ2v) is 3.95. The fourth-order valence-corrected chi connectivity index (χ4v) is 2.01. The predicted molar refractivity (Wildman–Crippen MR) is 53.7 cm³/mol. The number of nitrogens with two attached hydrogens (primary N) is 1. The Hall–Kier alpha value is -0.900. The SMILES string of the molecule is CC(=O)CC1CCCN1CCC(N)=O. The van der Waals surface area contributed by atoms with Gasteiger partial charge < -0.3 is 5.73 Å². The van der Waals surface area contributed by atoms with Gasteiger partial charge in [-0.2, -0.15) is 0 Å². The summed E-state index contributed by atoms with van der Waals surface area (Å²) in [6.07, 6.45) is 3.20. The molecule has 1 saturated heterocycles. The lowest BCUT2D eigenvalue weighted by Crippen LogP contribution is -2.33. The van der Waals surface area contributed by atoms with Crippen LogP contribution in [0.2, 0.25) is 0 Å². The van der Waals surface area contributed by atoms with Crippen LogP contribution in [0.15, 0.2) is 0 Å². The van der Waals surface area contributed by atoms with Gasteiger partial charge in [-0.15, -0.1) is 0 Å². The first-order chi connectivity index (χ1) is 6.59. The molecule has 0 spiro atoms. The number of carbonyl (C=O) groups excluding carboxylic acids is 2. The quantitative estimate of drug-likeness (QED) is 0.691. The van der Waals surface area contributed by atoms with E-state index in [9.17, 15) is 9.59 Å². The van der Waals surface area contributed by atoms with Crippen LogP contribution >= 0.6 is 0 Å². The number of hydrogen-bond acceptors (Lipinski definition) is 3. The lowest BCUT2D eigenvalue weighted by molar-refractivity contribution is -0.118. The Kier molecular flexibility index (Phi) is 4.07.